The Kier molecular flexibility index (Phi) is 3.09. The highest BCUT2D eigenvalue weighted by Crippen LogP contribution is 2.18. The van der Waals surface area contributed by atoms with Gasteiger partial charge in [-0.15, -0.1) is 0 Å². The van der Waals surface area contributed by atoms with Crippen LogP contribution in [0.4, 0.5) is 11.6 Å². The molecule has 20 heavy (non-hydrogen) atoms. The largest absolute Gasteiger partial charge is 0.369 e. The Morgan fingerprint density at radius 3 is 2.60 bits per heavy atom. The standard InChI is InChI=1S/C15H14N4O/c16-14(20)9-10-5-7-11(8-6-10)17-15-18-12-3-1-2-4-13(12)19-15/h1-8H,9H2,(H2,16,20)(H2,17,18,19). The van der Waals surface area contributed by atoms with E-state index < -0.39 is 0 Å². The number of hydrogen-bond acceptors (Lipinski definition) is 3. The number of primary amides is 1. The van der Waals surface area contributed by atoms with Crippen LogP contribution in [-0.2, 0) is 11.2 Å². The Hall–Kier alpha value is -2.82. The molecule has 1 heterocycles. The number of para-hydroxylation sites is 2. The van der Waals surface area contributed by atoms with Crippen molar-refractivity contribution in [2.75, 3.05) is 5.32 Å². The van der Waals surface area contributed by atoms with E-state index in [4.69, 9.17) is 5.73 Å². The lowest BCUT2D eigenvalue weighted by Crippen LogP contribution is -2.13. The third kappa shape index (κ3) is 2.61. The molecule has 0 radical (unpaired) electrons. The van der Waals surface area contributed by atoms with Gasteiger partial charge < -0.3 is 16.0 Å². The van der Waals surface area contributed by atoms with Crippen LogP contribution in [0.2, 0.25) is 0 Å². The lowest BCUT2D eigenvalue weighted by atomic mass is 10.1. The first-order valence-corrected chi connectivity index (χ1v) is 6.30. The molecule has 2 aromatic carbocycles. The average Bonchev–Trinajstić information content (AvgIpc) is 2.82. The van der Waals surface area contributed by atoms with Gasteiger partial charge in [0, 0.05) is 5.69 Å². The topological polar surface area (TPSA) is 83.8 Å². The number of aromatic amines is 1. The normalized spacial score (nSPS) is 10.6. The van der Waals surface area contributed by atoms with Crippen molar-refractivity contribution in [3.8, 4) is 0 Å². The molecule has 4 N–H and O–H groups in total. The van der Waals surface area contributed by atoms with Gasteiger partial charge in [-0.3, -0.25) is 4.79 Å². The van der Waals surface area contributed by atoms with E-state index in [9.17, 15) is 4.79 Å². The van der Waals surface area contributed by atoms with Crippen molar-refractivity contribution < 1.29 is 4.79 Å². The van der Waals surface area contributed by atoms with Gasteiger partial charge in [0.05, 0.1) is 17.5 Å². The second-order valence-corrected chi connectivity index (χ2v) is 4.57. The summed E-state index contributed by atoms with van der Waals surface area (Å²) in [6.07, 6.45) is 0.255. The van der Waals surface area contributed by atoms with Crippen molar-refractivity contribution in [3.63, 3.8) is 0 Å². The molecule has 1 amide bonds. The minimum Gasteiger partial charge on any atom is -0.369 e. The van der Waals surface area contributed by atoms with E-state index >= 15 is 0 Å². The molecule has 0 aliphatic heterocycles. The summed E-state index contributed by atoms with van der Waals surface area (Å²) in [4.78, 5) is 18.5. The average molecular weight is 266 g/mol. The SMILES string of the molecule is NC(=O)Cc1ccc(Nc2nc3ccccc3[nH]2)cc1. The highest BCUT2D eigenvalue weighted by atomic mass is 16.1. The van der Waals surface area contributed by atoms with Crippen molar-refractivity contribution in [1.82, 2.24) is 9.97 Å². The van der Waals surface area contributed by atoms with E-state index in [1.807, 2.05) is 48.5 Å². The zero-order valence-electron chi connectivity index (χ0n) is 10.8. The fourth-order valence-corrected chi connectivity index (χ4v) is 2.06. The summed E-state index contributed by atoms with van der Waals surface area (Å²) in [5.74, 6) is 0.358. The number of carbonyl (C=O) groups is 1. The summed E-state index contributed by atoms with van der Waals surface area (Å²) in [5.41, 5.74) is 8.86. The Morgan fingerprint density at radius 1 is 1.15 bits per heavy atom. The van der Waals surface area contributed by atoms with Gasteiger partial charge in [-0.25, -0.2) is 4.98 Å². The van der Waals surface area contributed by atoms with E-state index in [2.05, 4.69) is 15.3 Å². The molecule has 3 aromatic rings. The number of H-pyrrole nitrogens is 1. The highest BCUT2D eigenvalue weighted by Gasteiger charge is 2.03. The number of benzene rings is 2. The zero-order valence-corrected chi connectivity index (χ0v) is 10.8. The first kappa shape index (κ1) is 12.2. The van der Waals surface area contributed by atoms with Gasteiger partial charge in [0.2, 0.25) is 11.9 Å². The van der Waals surface area contributed by atoms with E-state index in [-0.39, 0.29) is 12.3 Å². The van der Waals surface area contributed by atoms with Crippen LogP contribution in [0.1, 0.15) is 5.56 Å². The van der Waals surface area contributed by atoms with Crippen LogP contribution in [-0.4, -0.2) is 15.9 Å². The number of fused-ring (bicyclic) bond motifs is 1. The first-order valence-electron chi connectivity index (χ1n) is 6.30. The molecule has 5 nitrogen and oxygen atoms in total. The summed E-state index contributed by atoms with van der Waals surface area (Å²) in [6, 6.07) is 15.4. The van der Waals surface area contributed by atoms with Crippen LogP contribution in [0.25, 0.3) is 11.0 Å². The molecule has 0 fully saturated rings. The summed E-state index contributed by atoms with van der Waals surface area (Å²) >= 11 is 0. The monoisotopic (exact) mass is 266 g/mol. The molecule has 5 heteroatoms. The number of carbonyl (C=O) groups excluding carboxylic acids is 1. The predicted octanol–water partition coefficient (Wildman–Crippen LogP) is 2.33. The molecule has 1 aromatic heterocycles. The lowest BCUT2D eigenvalue weighted by Gasteiger charge is -2.03. The van der Waals surface area contributed by atoms with Gasteiger partial charge in [-0.05, 0) is 29.8 Å². The second-order valence-electron chi connectivity index (χ2n) is 4.57. The molecule has 0 aliphatic carbocycles. The molecule has 100 valence electrons. The smallest absolute Gasteiger partial charge is 0.221 e. The summed E-state index contributed by atoms with van der Waals surface area (Å²) in [6.45, 7) is 0. The Bertz CT molecular complexity index is 713. The van der Waals surface area contributed by atoms with E-state index in [1.54, 1.807) is 0 Å². The number of nitrogens with one attached hydrogen (secondary N) is 2. The Morgan fingerprint density at radius 2 is 1.90 bits per heavy atom. The number of nitrogens with two attached hydrogens (primary N) is 1. The molecule has 0 unspecified atom stereocenters. The third-order valence-electron chi connectivity index (χ3n) is 2.98. The second kappa shape index (κ2) is 5.05. The van der Waals surface area contributed by atoms with Gasteiger partial charge in [0.1, 0.15) is 0 Å². The van der Waals surface area contributed by atoms with Crippen molar-refractivity contribution in [1.29, 1.82) is 0 Å². The van der Waals surface area contributed by atoms with E-state index in [0.29, 0.717) is 5.95 Å². The molecule has 0 bridgehead atoms. The fourth-order valence-electron chi connectivity index (χ4n) is 2.06. The Labute approximate surface area is 115 Å². The maximum absolute atomic E-state index is 10.8. The minimum absolute atomic E-state index is 0.255. The zero-order chi connectivity index (χ0) is 13.9. The quantitative estimate of drug-likeness (QED) is 0.677. The maximum atomic E-state index is 10.8. The van der Waals surface area contributed by atoms with Crippen LogP contribution in [0.5, 0.6) is 0 Å². The number of amides is 1. The summed E-state index contributed by atoms with van der Waals surface area (Å²) < 4.78 is 0. The molecule has 0 aliphatic rings. The van der Waals surface area contributed by atoms with Crippen molar-refractivity contribution in [2.24, 2.45) is 5.73 Å². The number of anilines is 2. The third-order valence-corrected chi connectivity index (χ3v) is 2.98. The Balaban J connectivity index is 1.78. The summed E-state index contributed by atoms with van der Waals surface area (Å²) in [5, 5.41) is 3.19. The molecular formula is C15H14N4O. The molecule has 3 rings (SSSR count). The molecule has 0 atom stereocenters. The van der Waals surface area contributed by atoms with Crippen LogP contribution in [0.3, 0.4) is 0 Å². The molecule has 0 spiro atoms. The van der Waals surface area contributed by atoms with Crippen molar-refractivity contribution in [3.05, 3.63) is 54.1 Å². The predicted molar refractivity (Wildman–Crippen MR) is 78.7 cm³/mol. The van der Waals surface area contributed by atoms with Gasteiger partial charge in [0.15, 0.2) is 0 Å². The fraction of sp³-hybridized carbons (Fsp3) is 0.0667. The lowest BCUT2D eigenvalue weighted by molar-refractivity contribution is -0.117. The minimum atomic E-state index is -0.331. The maximum Gasteiger partial charge on any atom is 0.221 e. The van der Waals surface area contributed by atoms with Crippen LogP contribution < -0.4 is 11.1 Å². The van der Waals surface area contributed by atoms with Gasteiger partial charge >= 0.3 is 0 Å². The van der Waals surface area contributed by atoms with Crippen molar-refractivity contribution >= 4 is 28.6 Å². The number of rotatable bonds is 4. The number of aromatic nitrogens is 2. The number of hydrogen-bond donors (Lipinski definition) is 3. The highest BCUT2D eigenvalue weighted by molar-refractivity contribution is 5.78. The van der Waals surface area contributed by atoms with E-state index in [1.165, 1.54) is 0 Å². The van der Waals surface area contributed by atoms with Crippen LogP contribution in [0.15, 0.2) is 48.5 Å². The first-order chi connectivity index (χ1) is 9.70. The van der Waals surface area contributed by atoms with Gasteiger partial charge in [-0.1, -0.05) is 24.3 Å². The van der Waals surface area contributed by atoms with Crippen molar-refractivity contribution in [2.45, 2.75) is 6.42 Å². The van der Waals surface area contributed by atoms with E-state index in [0.717, 1.165) is 22.3 Å². The van der Waals surface area contributed by atoms with Crippen LogP contribution in [0, 0.1) is 0 Å². The molecule has 0 saturated heterocycles. The molecule has 0 saturated carbocycles. The van der Waals surface area contributed by atoms with Crippen LogP contribution >= 0.6 is 0 Å². The van der Waals surface area contributed by atoms with Gasteiger partial charge in [0.25, 0.3) is 0 Å². The number of imidazole rings is 1. The molecular weight excluding hydrogens is 252 g/mol. The van der Waals surface area contributed by atoms with Gasteiger partial charge in [-0.2, -0.15) is 0 Å². The summed E-state index contributed by atoms with van der Waals surface area (Å²) in [7, 11) is 0. The number of nitrogens with zero attached hydrogens (tertiary/aromatic N) is 1.